The number of likely N-dealkylation sites (tertiary alicyclic amines) is 1. The number of nitriles is 1. The van der Waals surface area contributed by atoms with Gasteiger partial charge in [0.05, 0.1) is 12.7 Å². The van der Waals surface area contributed by atoms with E-state index in [1.165, 1.54) is 25.4 Å². The largest absolute Gasteiger partial charge is 0.496 e. The molecule has 1 saturated heterocycles. The fraction of sp³-hybridized carbons (Fsp3) is 0.370. The molecule has 1 N–H and O–H groups in total. The van der Waals surface area contributed by atoms with Gasteiger partial charge in [-0.1, -0.05) is 6.08 Å². The van der Waals surface area contributed by atoms with E-state index in [0.717, 1.165) is 23.1 Å². The second kappa shape index (κ2) is 8.42. The highest BCUT2D eigenvalue weighted by molar-refractivity contribution is 5.99. The first-order valence-corrected chi connectivity index (χ1v) is 11.6. The molecule has 0 bridgehead atoms. The van der Waals surface area contributed by atoms with Crippen molar-refractivity contribution in [2.24, 2.45) is 11.8 Å². The van der Waals surface area contributed by atoms with E-state index in [0.29, 0.717) is 47.1 Å². The van der Waals surface area contributed by atoms with Crippen LogP contribution < -0.4 is 4.74 Å². The first kappa shape index (κ1) is 22.9. The normalized spacial score (nSPS) is 19.4. The number of benzene rings is 1. The average Bonchev–Trinajstić information content (AvgIpc) is 3.49. The summed E-state index contributed by atoms with van der Waals surface area (Å²) in [5.41, 5.74) is 3.61. The fourth-order valence-electron chi connectivity index (χ4n) is 5.08. The minimum atomic E-state index is -0.516. The number of H-pyrrole nitrogens is 1. The van der Waals surface area contributed by atoms with Crippen molar-refractivity contribution in [1.29, 1.82) is 5.26 Å². The minimum Gasteiger partial charge on any atom is -0.496 e. The lowest BCUT2D eigenvalue weighted by Gasteiger charge is -2.24. The van der Waals surface area contributed by atoms with Crippen LogP contribution in [0.5, 0.6) is 5.75 Å². The van der Waals surface area contributed by atoms with E-state index in [-0.39, 0.29) is 12.0 Å². The summed E-state index contributed by atoms with van der Waals surface area (Å²) in [6, 6.07) is 8.43. The van der Waals surface area contributed by atoms with Crippen molar-refractivity contribution in [3.8, 4) is 22.9 Å². The number of pyridine rings is 1. The summed E-state index contributed by atoms with van der Waals surface area (Å²) >= 11 is 0. The van der Waals surface area contributed by atoms with E-state index in [1.54, 1.807) is 11.0 Å². The third-order valence-corrected chi connectivity index (χ3v) is 6.60. The first-order chi connectivity index (χ1) is 16.7. The molecule has 1 aromatic carbocycles. The van der Waals surface area contributed by atoms with E-state index >= 15 is 0 Å². The lowest BCUT2D eigenvalue weighted by atomic mass is 9.97. The van der Waals surface area contributed by atoms with Crippen LogP contribution in [0, 0.1) is 29.0 Å². The zero-order chi connectivity index (χ0) is 24.9. The Balaban J connectivity index is 1.48. The van der Waals surface area contributed by atoms with Crippen LogP contribution in [-0.2, 0) is 4.74 Å². The molecule has 8 heteroatoms. The second-order valence-corrected chi connectivity index (χ2v) is 10.2. The predicted molar refractivity (Wildman–Crippen MR) is 130 cm³/mol. The summed E-state index contributed by atoms with van der Waals surface area (Å²) in [4.78, 5) is 22.1. The number of rotatable bonds is 3. The molecule has 1 aliphatic heterocycles. The Bertz CT molecular complexity index is 1400. The number of fused-ring (bicyclic) bond motifs is 2. The van der Waals surface area contributed by atoms with Crippen LogP contribution in [0.15, 0.2) is 36.5 Å². The van der Waals surface area contributed by atoms with Crippen molar-refractivity contribution >= 4 is 22.7 Å². The van der Waals surface area contributed by atoms with Gasteiger partial charge in [-0.25, -0.2) is 14.2 Å². The number of halogens is 1. The van der Waals surface area contributed by atoms with Crippen LogP contribution in [-0.4, -0.2) is 46.8 Å². The van der Waals surface area contributed by atoms with Gasteiger partial charge in [0.1, 0.15) is 28.9 Å². The van der Waals surface area contributed by atoms with Gasteiger partial charge >= 0.3 is 6.09 Å². The summed E-state index contributed by atoms with van der Waals surface area (Å²) < 4.78 is 25.1. The van der Waals surface area contributed by atoms with Crippen LogP contribution in [0.4, 0.5) is 9.18 Å². The van der Waals surface area contributed by atoms with Gasteiger partial charge in [-0.3, -0.25) is 0 Å². The maximum absolute atomic E-state index is 14.2. The zero-order valence-corrected chi connectivity index (χ0v) is 20.2. The van der Waals surface area contributed by atoms with Crippen LogP contribution >= 0.6 is 0 Å². The van der Waals surface area contributed by atoms with Gasteiger partial charge in [-0.05, 0) is 62.9 Å². The predicted octanol–water partition coefficient (Wildman–Crippen LogP) is 5.52. The molecule has 3 heterocycles. The summed E-state index contributed by atoms with van der Waals surface area (Å²) in [6.07, 6.45) is 4.27. The Kier molecular flexibility index (Phi) is 5.51. The molecule has 35 heavy (non-hydrogen) atoms. The van der Waals surface area contributed by atoms with Gasteiger partial charge < -0.3 is 19.4 Å². The van der Waals surface area contributed by atoms with E-state index in [1.807, 2.05) is 26.8 Å². The van der Waals surface area contributed by atoms with Crippen molar-refractivity contribution in [2.75, 3.05) is 20.2 Å². The molecule has 5 rings (SSSR count). The number of aromatic amines is 1. The maximum Gasteiger partial charge on any atom is 0.410 e. The third kappa shape index (κ3) is 4.23. The van der Waals surface area contributed by atoms with Gasteiger partial charge in [0, 0.05) is 47.4 Å². The number of allylic oxidation sites excluding steroid dienone is 1. The Hall–Kier alpha value is -3.86. The number of aromatic nitrogens is 2. The number of ether oxygens (including phenoxy) is 2. The molecule has 1 amide bonds. The van der Waals surface area contributed by atoms with Crippen molar-refractivity contribution in [3.05, 3.63) is 53.6 Å². The number of nitrogens with zero attached hydrogens (tertiary/aromatic N) is 3. The highest BCUT2D eigenvalue weighted by Crippen LogP contribution is 2.43. The van der Waals surface area contributed by atoms with Crippen LogP contribution in [0.2, 0.25) is 0 Å². The van der Waals surface area contributed by atoms with Crippen LogP contribution in [0.3, 0.4) is 0 Å². The van der Waals surface area contributed by atoms with Crippen molar-refractivity contribution in [1.82, 2.24) is 14.9 Å². The molecular formula is C27H27FN4O3. The van der Waals surface area contributed by atoms with Crippen molar-refractivity contribution in [3.63, 3.8) is 0 Å². The van der Waals surface area contributed by atoms with Gasteiger partial charge in [0.25, 0.3) is 0 Å². The number of carbonyl (C=O) groups is 1. The Morgan fingerprint density at radius 2 is 2.09 bits per heavy atom. The monoisotopic (exact) mass is 474 g/mol. The van der Waals surface area contributed by atoms with E-state index < -0.39 is 11.4 Å². The molecule has 1 fully saturated rings. The average molecular weight is 475 g/mol. The molecule has 1 aliphatic carbocycles. The second-order valence-electron chi connectivity index (χ2n) is 10.2. The topological polar surface area (TPSA) is 91.2 Å². The summed E-state index contributed by atoms with van der Waals surface area (Å²) in [7, 11) is 1.52. The lowest BCUT2D eigenvalue weighted by molar-refractivity contribution is 0.0285. The smallest absolute Gasteiger partial charge is 0.410 e. The number of amides is 1. The molecular weight excluding hydrogens is 447 g/mol. The van der Waals surface area contributed by atoms with E-state index in [2.05, 4.69) is 22.1 Å². The molecule has 2 aromatic heterocycles. The van der Waals surface area contributed by atoms with E-state index in [4.69, 9.17) is 9.47 Å². The first-order valence-electron chi connectivity index (χ1n) is 11.6. The molecule has 0 spiro atoms. The third-order valence-electron chi connectivity index (χ3n) is 6.60. The van der Waals surface area contributed by atoms with Gasteiger partial charge in [0.15, 0.2) is 0 Å². The zero-order valence-electron chi connectivity index (χ0n) is 20.2. The van der Waals surface area contributed by atoms with Gasteiger partial charge in [-0.2, -0.15) is 5.26 Å². The Morgan fingerprint density at radius 3 is 2.77 bits per heavy atom. The molecule has 0 radical (unpaired) electrons. The molecule has 0 saturated carbocycles. The van der Waals surface area contributed by atoms with Gasteiger partial charge in [0.2, 0.25) is 0 Å². The fourth-order valence-corrected chi connectivity index (χ4v) is 5.08. The quantitative estimate of drug-likeness (QED) is 0.540. The summed E-state index contributed by atoms with van der Waals surface area (Å²) in [5.74, 6) is 0.657. The molecule has 7 nitrogen and oxygen atoms in total. The molecule has 2 aliphatic rings. The molecule has 180 valence electrons. The van der Waals surface area contributed by atoms with Gasteiger partial charge in [-0.15, -0.1) is 0 Å². The summed E-state index contributed by atoms with van der Waals surface area (Å²) in [6.45, 7) is 6.90. The Labute approximate surface area is 203 Å². The number of hydrogen-bond acceptors (Lipinski definition) is 5. The number of hydrogen-bond donors (Lipinski definition) is 1. The number of nitrogens with one attached hydrogen (secondary N) is 1. The molecule has 2 atom stereocenters. The highest BCUT2D eigenvalue weighted by atomic mass is 19.1. The number of methoxy groups -OCH3 is 1. The minimum absolute atomic E-state index is 0.259. The molecule has 2 unspecified atom stereocenters. The SMILES string of the molecule is COc1ccc(F)cc1-c1c(C#N)cnc2[nH]c(C3=CC4CN(C(=O)OC(C)(C)C)CC4C3)cc12. The standard InChI is InChI=1S/C27H27FN4O3/c1-27(2,3)35-26(33)32-13-16-7-15(8-17(16)14-32)22-10-21-24(18(11-29)12-30-25(21)31-22)20-9-19(28)5-6-23(20)34-4/h5-7,9-10,12,16-17H,8,13-14H2,1-4H3,(H,30,31). The molecule has 3 aromatic rings. The summed E-state index contributed by atoms with van der Waals surface area (Å²) in [5, 5.41) is 10.5. The van der Waals surface area contributed by atoms with Crippen LogP contribution in [0.1, 0.15) is 38.4 Å². The maximum atomic E-state index is 14.2. The van der Waals surface area contributed by atoms with E-state index in [9.17, 15) is 14.4 Å². The van der Waals surface area contributed by atoms with Crippen molar-refractivity contribution in [2.45, 2.75) is 32.8 Å². The lowest BCUT2D eigenvalue weighted by Crippen LogP contribution is -2.35. The highest BCUT2D eigenvalue weighted by Gasteiger charge is 2.40. The van der Waals surface area contributed by atoms with Crippen LogP contribution in [0.25, 0.3) is 27.7 Å². The van der Waals surface area contributed by atoms with Crippen molar-refractivity contribution < 1.29 is 18.7 Å². The number of carbonyl (C=O) groups excluding carboxylic acids is 1. The Morgan fingerprint density at radius 1 is 1.29 bits per heavy atom.